The third-order valence-corrected chi connectivity index (χ3v) is 5.33. The summed E-state index contributed by atoms with van der Waals surface area (Å²) < 4.78 is 19.8. The molecule has 1 amide bonds. The second-order valence-corrected chi connectivity index (χ2v) is 7.64. The van der Waals surface area contributed by atoms with E-state index in [9.17, 15) is 9.18 Å². The highest BCUT2D eigenvalue weighted by Crippen LogP contribution is 2.25. The molecule has 0 unspecified atom stereocenters. The molecule has 0 aliphatic carbocycles. The zero-order chi connectivity index (χ0) is 20.8. The summed E-state index contributed by atoms with van der Waals surface area (Å²) in [6, 6.07) is 13.7. The number of thioether (sulfide) groups is 1. The van der Waals surface area contributed by atoms with Crippen LogP contribution in [0.3, 0.4) is 0 Å². The summed E-state index contributed by atoms with van der Waals surface area (Å²) in [6.45, 7) is 2.28. The monoisotopic (exact) mass is 415 g/mol. The van der Waals surface area contributed by atoms with Crippen LogP contribution in [0.5, 0.6) is 5.75 Å². The molecule has 9 heteroatoms. The van der Waals surface area contributed by atoms with Crippen LogP contribution in [0.1, 0.15) is 12.5 Å². The molecule has 1 heterocycles. The van der Waals surface area contributed by atoms with E-state index < -0.39 is 5.25 Å². The van der Waals surface area contributed by atoms with E-state index in [1.54, 1.807) is 26.2 Å². The Bertz CT molecular complexity index is 977. The van der Waals surface area contributed by atoms with E-state index in [1.165, 1.54) is 28.6 Å². The lowest BCUT2D eigenvalue weighted by atomic mass is 10.1. The number of nitrogens with two attached hydrogens (primary N) is 1. The van der Waals surface area contributed by atoms with Crippen molar-refractivity contribution in [3.05, 3.63) is 59.9 Å². The molecule has 0 bridgehead atoms. The van der Waals surface area contributed by atoms with Crippen molar-refractivity contribution in [2.45, 2.75) is 23.8 Å². The number of amides is 1. The Morgan fingerprint density at radius 1 is 1.28 bits per heavy atom. The number of nitrogen functional groups attached to an aromatic ring is 1. The number of halogens is 1. The van der Waals surface area contributed by atoms with Crippen LogP contribution in [0.25, 0.3) is 11.4 Å². The van der Waals surface area contributed by atoms with Gasteiger partial charge in [0.15, 0.2) is 5.82 Å². The topological polar surface area (TPSA) is 95.1 Å². The molecule has 0 fully saturated rings. The minimum absolute atomic E-state index is 0.126. The van der Waals surface area contributed by atoms with Crippen molar-refractivity contribution in [3.8, 4) is 17.1 Å². The highest BCUT2D eigenvalue weighted by atomic mass is 32.2. The molecule has 3 rings (SSSR count). The number of hydrogen-bond donors (Lipinski definition) is 2. The molecular weight excluding hydrogens is 393 g/mol. The van der Waals surface area contributed by atoms with Gasteiger partial charge >= 0.3 is 0 Å². The maximum Gasteiger partial charge on any atom is 0.233 e. The van der Waals surface area contributed by atoms with Crippen LogP contribution >= 0.6 is 11.8 Å². The van der Waals surface area contributed by atoms with Crippen LogP contribution in [0, 0.1) is 5.82 Å². The Kier molecular flexibility index (Phi) is 6.71. The zero-order valence-corrected chi connectivity index (χ0v) is 16.9. The zero-order valence-electron chi connectivity index (χ0n) is 16.1. The fraction of sp³-hybridized carbons (Fsp3) is 0.250. The van der Waals surface area contributed by atoms with Gasteiger partial charge in [-0.3, -0.25) is 4.79 Å². The molecule has 152 valence electrons. The number of methoxy groups -OCH3 is 1. The molecule has 0 saturated heterocycles. The van der Waals surface area contributed by atoms with Crippen molar-refractivity contribution in [1.82, 2.24) is 20.2 Å². The van der Waals surface area contributed by atoms with Gasteiger partial charge in [0, 0.05) is 12.1 Å². The normalized spacial score (nSPS) is 11.8. The number of nitrogens with zero attached hydrogens (tertiary/aromatic N) is 3. The molecule has 1 aromatic heterocycles. The number of hydrogen-bond acceptors (Lipinski definition) is 6. The van der Waals surface area contributed by atoms with E-state index >= 15 is 0 Å². The number of carbonyl (C=O) groups excluding carboxylic acids is 1. The average molecular weight is 415 g/mol. The van der Waals surface area contributed by atoms with Gasteiger partial charge in [-0.25, -0.2) is 9.07 Å². The minimum atomic E-state index is -0.419. The molecule has 3 aromatic rings. The summed E-state index contributed by atoms with van der Waals surface area (Å²) in [5, 5.41) is 10.9. The van der Waals surface area contributed by atoms with E-state index in [0.717, 1.165) is 11.3 Å². The van der Waals surface area contributed by atoms with Crippen molar-refractivity contribution in [2.75, 3.05) is 19.5 Å². The predicted octanol–water partition coefficient (Wildman–Crippen LogP) is 2.65. The van der Waals surface area contributed by atoms with Gasteiger partial charge in [0.1, 0.15) is 11.6 Å². The number of aromatic nitrogens is 3. The predicted molar refractivity (Wildman–Crippen MR) is 111 cm³/mol. The van der Waals surface area contributed by atoms with Crippen LogP contribution in [0.4, 0.5) is 4.39 Å². The first kappa shape index (κ1) is 20.7. The highest BCUT2D eigenvalue weighted by Gasteiger charge is 2.19. The summed E-state index contributed by atoms with van der Waals surface area (Å²) in [5.74, 6) is 6.66. The largest absolute Gasteiger partial charge is 0.497 e. The Balaban J connectivity index is 1.54. The Hall–Kier alpha value is -3.07. The van der Waals surface area contributed by atoms with E-state index in [4.69, 9.17) is 10.6 Å². The summed E-state index contributed by atoms with van der Waals surface area (Å²) >= 11 is 1.19. The molecular formula is C20H22FN5O2S. The van der Waals surface area contributed by atoms with Gasteiger partial charge in [0.2, 0.25) is 11.1 Å². The number of ether oxygens (including phenoxy) is 1. The second kappa shape index (κ2) is 9.42. The third kappa shape index (κ3) is 5.26. The lowest BCUT2D eigenvalue weighted by Gasteiger charge is -2.12. The molecule has 7 nitrogen and oxygen atoms in total. The Morgan fingerprint density at radius 2 is 2.03 bits per heavy atom. The standard InChI is InChI=1S/C20H22FN5O2S/c1-13(19(27)23-11-10-14-6-8-17(28-2)9-7-14)29-20-25-24-18(26(20)22)15-4-3-5-16(21)12-15/h3-9,12-13H,10-11,22H2,1-2H3,(H,23,27)/t13-/m1/s1. The van der Waals surface area contributed by atoms with E-state index in [2.05, 4.69) is 15.5 Å². The van der Waals surface area contributed by atoms with Crippen LogP contribution in [-0.4, -0.2) is 39.7 Å². The number of benzene rings is 2. The molecule has 3 N–H and O–H groups in total. The molecule has 0 aliphatic rings. The number of nitrogens with one attached hydrogen (secondary N) is 1. The maximum absolute atomic E-state index is 13.4. The lowest BCUT2D eigenvalue weighted by Crippen LogP contribution is -2.32. The Labute approximate surface area is 172 Å². The second-order valence-electron chi connectivity index (χ2n) is 6.34. The van der Waals surface area contributed by atoms with Crippen molar-refractivity contribution in [2.24, 2.45) is 0 Å². The van der Waals surface area contributed by atoms with Crippen molar-refractivity contribution < 1.29 is 13.9 Å². The van der Waals surface area contributed by atoms with Gasteiger partial charge in [0.05, 0.1) is 12.4 Å². The first-order valence-electron chi connectivity index (χ1n) is 9.01. The van der Waals surface area contributed by atoms with Crippen LogP contribution in [0.2, 0.25) is 0 Å². The van der Waals surface area contributed by atoms with Gasteiger partial charge in [-0.2, -0.15) is 0 Å². The third-order valence-electron chi connectivity index (χ3n) is 4.27. The fourth-order valence-electron chi connectivity index (χ4n) is 2.66. The van der Waals surface area contributed by atoms with E-state index in [-0.39, 0.29) is 11.7 Å². The molecule has 1 atom stereocenters. The molecule has 2 aromatic carbocycles. The molecule has 29 heavy (non-hydrogen) atoms. The molecule has 0 aliphatic heterocycles. The van der Waals surface area contributed by atoms with Gasteiger partial charge in [-0.15, -0.1) is 10.2 Å². The maximum atomic E-state index is 13.4. The van der Waals surface area contributed by atoms with Gasteiger partial charge in [-0.1, -0.05) is 36.0 Å². The molecule has 0 spiro atoms. The fourth-order valence-corrected chi connectivity index (χ4v) is 3.45. The quantitative estimate of drug-likeness (QED) is 0.434. The summed E-state index contributed by atoms with van der Waals surface area (Å²) in [6.07, 6.45) is 0.712. The minimum Gasteiger partial charge on any atom is -0.497 e. The number of carbonyl (C=O) groups is 1. The van der Waals surface area contributed by atoms with E-state index in [1.807, 2.05) is 24.3 Å². The lowest BCUT2D eigenvalue weighted by molar-refractivity contribution is -0.120. The average Bonchev–Trinajstić information content (AvgIpc) is 3.08. The van der Waals surface area contributed by atoms with E-state index in [0.29, 0.717) is 29.5 Å². The van der Waals surface area contributed by atoms with Crippen molar-refractivity contribution >= 4 is 17.7 Å². The van der Waals surface area contributed by atoms with Crippen molar-refractivity contribution in [3.63, 3.8) is 0 Å². The summed E-state index contributed by atoms with van der Waals surface area (Å²) in [7, 11) is 1.62. The molecule has 0 saturated carbocycles. The summed E-state index contributed by atoms with van der Waals surface area (Å²) in [4.78, 5) is 12.4. The van der Waals surface area contributed by atoms with Crippen molar-refractivity contribution in [1.29, 1.82) is 0 Å². The first-order valence-corrected chi connectivity index (χ1v) is 9.89. The summed E-state index contributed by atoms with van der Waals surface area (Å²) in [5.41, 5.74) is 1.62. The van der Waals surface area contributed by atoms with Gasteiger partial charge in [0.25, 0.3) is 0 Å². The highest BCUT2D eigenvalue weighted by molar-refractivity contribution is 8.00. The van der Waals surface area contributed by atoms with Crippen LogP contribution in [-0.2, 0) is 11.2 Å². The van der Waals surface area contributed by atoms with Gasteiger partial charge in [-0.05, 0) is 43.2 Å². The number of rotatable bonds is 8. The Morgan fingerprint density at radius 3 is 2.72 bits per heavy atom. The van der Waals surface area contributed by atoms with Gasteiger partial charge < -0.3 is 15.9 Å². The molecule has 0 radical (unpaired) electrons. The first-order chi connectivity index (χ1) is 14.0. The smallest absolute Gasteiger partial charge is 0.233 e. The van der Waals surface area contributed by atoms with Crippen LogP contribution in [0.15, 0.2) is 53.7 Å². The van der Waals surface area contributed by atoms with Crippen LogP contribution < -0.4 is 15.9 Å². The SMILES string of the molecule is COc1ccc(CCNC(=O)[C@@H](C)Sc2nnc(-c3cccc(F)c3)n2N)cc1.